The van der Waals surface area contributed by atoms with Crippen molar-refractivity contribution in [3.63, 3.8) is 0 Å². The van der Waals surface area contributed by atoms with Crippen LogP contribution in [0.3, 0.4) is 0 Å². The van der Waals surface area contributed by atoms with Crippen LogP contribution in [0.1, 0.15) is 20.8 Å². The highest BCUT2D eigenvalue weighted by molar-refractivity contribution is 7.99. The van der Waals surface area contributed by atoms with Gasteiger partial charge in [-0.2, -0.15) is 0 Å². The Morgan fingerprint density at radius 2 is 2.00 bits per heavy atom. The van der Waals surface area contributed by atoms with Gasteiger partial charge in [-0.1, -0.05) is 20.8 Å². The third-order valence-electron chi connectivity index (χ3n) is 2.21. The van der Waals surface area contributed by atoms with Crippen molar-refractivity contribution in [3.05, 3.63) is 0 Å². The Kier molecular flexibility index (Phi) is 6.73. The Hall–Kier alpha value is 0.200. The summed E-state index contributed by atoms with van der Waals surface area (Å²) in [5.41, 5.74) is 5.66. The zero-order valence-electron chi connectivity index (χ0n) is 8.88. The molecule has 1 saturated heterocycles. The Labute approximate surface area is 84.8 Å². The molecule has 13 heavy (non-hydrogen) atoms. The average Bonchev–Trinajstić information content (AvgIpc) is 2.18. The standard InChI is InChI=1S/C7H15FN2S.C2H6/c1-4-3-10-7(11-2)5(8)6(4)9;1-2/h4-7,10H,3,9H2,1-2H3;1-2H3. The summed E-state index contributed by atoms with van der Waals surface area (Å²) in [5, 5.41) is 3.00. The first-order valence-electron chi connectivity index (χ1n) is 4.82. The van der Waals surface area contributed by atoms with Gasteiger partial charge < -0.3 is 11.1 Å². The lowest BCUT2D eigenvalue weighted by molar-refractivity contribution is 0.174. The molecule has 80 valence electrons. The van der Waals surface area contributed by atoms with E-state index < -0.39 is 6.17 Å². The van der Waals surface area contributed by atoms with Crippen LogP contribution in [0.15, 0.2) is 0 Å². The maximum Gasteiger partial charge on any atom is 0.140 e. The fraction of sp³-hybridized carbons (Fsp3) is 1.00. The Balaban J connectivity index is 0.000000671. The molecule has 0 amide bonds. The number of halogens is 1. The van der Waals surface area contributed by atoms with Gasteiger partial charge in [0, 0.05) is 12.6 Å². The summed E-state index contributed by atoms with van der Waals surface area (Å²) < 4.78 is 13.3. The van der Waals surface area contributed by atoms with Gasteiger partial charge >= 0.3 is 0 Å². The summed E-state index contributed by atoms with van der Waals surface area (Å²) in [6.07, 6.45) is 0.987. The number of thioether (sulfide) groups is 1. The van der Waals surface area contributed by atoms with Gasteiger partial charge in [0.2, 0.25) is 0 Å². The molecular weight excluding hydrogens is 187 g/mol. The van der Waals surface area contributed by atoms with Gasteiger partial charge in [-0.15, -0.1) is 11.8 Å². The fourth-order valence-electron chi connectivity index (χ4n) is 1.28. The van der Waals surface area contributed by atoms with E-state index in [0.717, 1.165) is 6.54 Å². The van der Waals surface area contributed by atoms with Crippen molar-refractivity contribution >= 4 is 11.8 Å². The molecule has 4 heteroatoms. The van der Waals surface area contributed by atoms with E-state index in [4.69, 9.17) is 5.73 Å². The zero-order valence-corrected chi connectivity index (χ0v) is 9.70. The van der Waals surface area contributed by atoms with E-state index >= 15 is 0 Å². The van der Waals surface area contributed by atoms with Crippen molar-refractivity contribution in [2.45, 2.75) is 38.4 Å². The van der Waals surface area contributed by atoms with E-state index in [9.17, 15) is 4.39 Å². The molecule has 0 aliphatic carbocycles. The van der Waals surface area contributed by atoms with Crippen LogP contribution >= 0.6 is 11.8 Å². The quantitative estimate of drug-likeness (QED) is 0.687. The zero-order chi connectivity index (χ0) is 10.4. The van der Waals surface area contributed by atoms with Crippen molar-refractivity contribution in [2.75, 3.05) is 12.8 Å². The molecule has 1 aliphatic heterocycles. The van der Waals surface area contributed by atoms with Crippen molar-refractivity contribution in [3.8, 4) is 0 Å². The van der Waals surface area contributed by atoms with E-state index in [2.05, 4.69) is 5.32 Å². The second-order valence-electron chi connectivity index (χ2n) is 3.06. The molecule has 2 nitrogen and oxygen atoms in total. The Bertz CT molecular complexity index is 133. The van der Waals surface area contributed by atoms with E-state index in [1.165, 1.54) is 11.8 Å². The number of hydrogen-bond acceptors (Lipinski definition) is 3. The van der Waals surface area contributed by atoms with Crippen molar-refractivity contribution in [1.29, 1.82) is 0 Å². The van der Waals surface area contributed by atoms with Crippen molar-refractivity contribution < 1.29 is 4.39 Å². The molecule has 1 fully saturated rings. The number of nitrogens with one attached hydrogen (secondary N) is 1. The van der Waals surface area contributed by atoms with Gasteiger partial charge in [0.1, 0.15) is 6.17 Å². The number of hydrogen-bond donors (Lipinski definition) is 2. The van der Waals surface area contributed by atoms with Crippen LogP contribution in [-0.2, 0) is 0 Å². The molecule has 1 rings (SSSR count). The minimum atomic E-state index is -0.909. The van der Waals surface area contributed by atoms with Crippen LogP contribution in [0.2, 0.25) is 0 Å². The van der Waals surface area contributed by atoms with E-state index in [1.54, 1.807) is 0 Å². The van der Waals surface area contributed by atoms with Crippen molar-refractivity contribution in [2.24, 2.45) is 11.7 Å². The molecule has 3 N–H and O–H groups in total. The first kappa shape index (κ1) is 13.2. The first-order chi connectivity index (χ1) is 6.16. The lowest BCUT2D eigenvalue weighted by atomic mass is 9.95. The van der Waals surface area contributed by atoms with Crippen molar-refractivity contribution in [1.82, 2.24) is 5.32 Å². The Morgan fingerprint density at radius 3 is 2.46 bits per heavy atom. The van der Waals surface area contributed by atoms with Gasteiger partial charge in [0.05, 0.1) is 5.37 Å². The van der Waals surface area contributed by atoms with E-state index in [-0.39, 0.29) is 17.3 Å². The highest BCUT2D eigenvalue weighted by atomic mass is 32.2. The summed E-state index contributed by atoms with van der Waals surface area (Å²) in [6.45, 7) is 6.80. The number of piperidine rings is 1. The predicted octanol–water partition coefficient (Wildman–Crippen LogP) is 1.61. The monoisotopic (exact) mass is 208 g/mol. The SMILES string of the molecule is CC.CSC1NCC(C)C(N)C1F. The van der Waals surface area contributed by atoms with E-state index in [1.807, 2.05) is 27.0 Å². The second kappa shape index (κ2) is 6.62. The maximum atomic E-state index is 13.3. The molecule has 0 aromatic rings. The lowest BCUT2D eigenvalue weighted by Crippen LogP contribution is -2.56. The van der Waals surface area contributed by atoms with Crippen LogP contribution in [-0.4, -0.2) is 30.4 Å². The van der Waals surface area contributed by atoms with Crippen LogP contribution in [0.25, 0.3) is 0 Å². The first-order valence-corrected chi connectivity index (χ1v) is 6.11. The molecule has 1 aliphatic rings. The summed E-state index contributed by atoms with van der Waals surface area (Å²) in [5.74, 6) is 0.244. The highest BCUT2D eigenvalue weighted by Gasteiger charge is 2.34. The van der Waals surface area contributed by atoms with Gasteiger partial charge in [-0.3, -0.25) is 0 Å². The number of nitrogens with two attached hydrogens (primary N) is 1. The van der Waals surface area contributed by atoms with Gasteiger partial charge in [-0.25, -0.2) is 4.39 Å². The van der Waals surface area contributed by atoms with Crippen LogP contribution in [0.4, 0.5) is 4.39 Å². The second-order valence-corrected chi connectivity index (χ2v) is 4.04. The average molecular weight is 208 g/mol. The largest absolute Gasteiger partial charge is 0.325 e. The number of alkyl halides is 1. The molecule has 4 unspecified atom stereocenters. The smallest absolute Gasteiger partial charge is 0.140 e. The van der Waals surface area contributed by atoms with Gasteiger partial charge in [0.15, 0.2) is 0 Å². The van der Waals surface area contributed by atoms with Gasteiger partial charge in [0.25, 0.3) is 0 Å². The van der Waals surface area contributed by atoms with Crippen LogP contribution in [0.5, 0.6) is 0 Å². The molecule has 4 atom stereocenters. The molecule has 0 aromatic carbocycles. The predicted molar refractivity (Wildman–Crippen MR) is 58.7 cm³/mol. The minimum Gasteiger partial charge on any atom is -0.325 e. The van der Waals surface area contributed by atoms with Gasteiger partial charge in [-0.05, 0) is 12.2 Å². The normalized spacial score (nSPS) is 39.2. The minimum absolute atomic E-state index is 0.110. The molecule has 0 bridgehead atoms. The Morgan fingerprint density at radius 1 is 1.46 bits per heavy atom. The van der Waals surface area contributed by atoms with Crippen LogP contribution in [0, 0.1) is 5.92 Å². The summed E-state index contributed by atoms with van der Waals surface area (Å²) in [6, 6.07) is -0.298. The summed E-state index contributed by atoms with van der Waals surface area (Å²) in [4.78, 5) is 0. The lowest BCUT2D eigenvalue weighted by Gasteiger charge is -2.35. The fourth-order valence-corrected chi connectivity index (χ4v) is 1.98. The third kappa shape index (κ3) is 3.44. The van der Waals surface area contributed by atoms with E-state index in [0.29, 0.717) is 0 Å². The summed E-state index contributed by atoms with van der Waals surface area (Å²) in [7, 11) is 0. The molecule has 1 heterocycles. The van der Waals surface area contributed by atoms with Crippen LogP contribution < -0.4 is 11.1 Å². The maximum absolute atomic E-state index is 13.3. The molecular formula is C9H21FN2S. The molecule has 0 aromatic heterocycles. The number of rotatable bonds is 1. The highest BCUT2D eigenvalue weighted by Crippen LogP contribution is 2.22. The topological polar surface area (TPSA) is 38.0 Å². The molecule has 0 radical (unpaired) electrons. The molecule has 0 saturated carbocycles. The third-order valence-corrected chi connectivity index (χ3v) is 3.14. The molecule has 0 spiro atoms. The summed E-state index contributed by atoms with van der Waals surface area (Å²) >= 11 is 1.49.